The topological polar surface area (TPSA) is 66.5 Å². The van der Waals surface area contributed by atoms with Crippen LogP contribution in [0.5, 0.6) is 0 Å². The number of pyridine rings is 1. The van der Waals surface area contributed by atoms with Crippen molar-refractivity contribution in [1.29, 1.82) is 0 Å². The van der Waals surface area contributed by atoms with Crippen LogP contribution in [0.4, 0.5) is 0 Å². The first kappa shape index (κ1) is 19.4. The Bertz CT molecular complexity index is 688. The standard InChI is InChI=1S/C22H31N5/c23-22(25-14-12-21-7-3-4-13-24-21)26-17-19-8-10-20(11-9-19)18-27-15-5-1-2-6-16-27/h3-4,7-11,13H,1-2,5-6,12,14-18H2,(H3,23,25,26). The van der Waals surface area contributed by atoms with E-state index in [1.54, 1.807) is 0 Å². The van der Waals surface area contributed by atoms with Gasteiger partial charge in [0, 0.05) is 31.4 Å². The molecule has 0 radical (unpaired) electrons. The molecule has 5 nitrogen and oxygen atoms in total. The van der Waals surface area contributed by atoms with E-state index in [9.17, 15) is 0 Å². The summed E-state index contributed by atoms with van der Waals surface area (Å²) in [5.74, 6) is 0.486. The molecule has 0 amide bonds. The first-order valence-electron chi connectivity index (χ1n) is 10.0. The van der Waals surface area contributed by atoms with Gasteiger partial charge in [0.1, 0.15) is 0 Å². The highest BCUT2D eigenvalue weighted by Crippen LogP contribution is 2.14. The third-order valence-electron chi connectivity index (χ3n) is 4.97. The fourth-order valence-electron chi connectivity index (χ4n) is 3.40. The maximum Gasteiger partial charge on any atom is 0.188 e. The molecule has 144 valence electrons. The van der Waals surface area contributed by atoms with Crippen molar-refractivity contribution in [2.45, 2.75) is 45.2 Å². The predicted molar refractivity (Wildman–Crippen MR) is 111 cm³/mol. The molecule has 1 aromatic carbocycles. The van der Waals surface area contributed by atoms with E-state index < -0.39 is 0 Å². The Morgan fingerprint density at radius 1 is 1.00 bits per heavy atom. The summed E-state index contributed by atoms with van der Waals surface area (Å²) in [5, 5.41) is 3.15. The molecule has 1 aliphatic rings. The Kier molecular flexibility index (Phi) is 7.66. The molecule has 2 heterocycles. The number of rotatable bonds is 7. The number of aromatic nitrogens is 1. The number of likely N-dealkylation sites (tertiary alicyclic amines) is 1. The van der Waals surface area contributed by atoms with Gasteiger partial charge in [-0.15, -0.1) is 0 Å². The van der Waals surface area contributed by atoms with Gasteiger partial charge in [0.15, 0.2) is 5.96 Å². The summed E-state index contributed by atoms with van der Waals surface area (Å²) in [5.41, 5.74) is 9.58. The van der Waals surface area contributed by atoms with Gasteiger partial charge in [-0.05, 0) is 49.2 Å². The van der Waals surface area contributed by atoms with Crippen LogP contribution in [-0.4, -0.2) is 35.5 Å². The lowest BCUT2D eigenvalue weighted by Crippen LogP contribution is -2.33. The highest BCUT2D eigenvalue weighted by atomic mass is 15.1. The van der Waals surface area contributed by atoms with Crippen molar-refractivity contribution in [3.63, 3.8) is 0 Å². The molecular weight excluding hydrogens is 334 g/mol. The van der Waals surface area contributed by atoms with Crippen molar-refractivity contribution in [1.82, 2.24) is 15.2 Å². The fraction of sp³-hybridized carbons (Fsp3) is 0.455. The molecule has 5 heteroatoms. The molecule has 0 aliphatic carbocycles. The molecule has 3 N–H and O–H groups in total. The number of benzene rings is 1. The van der Waals surface area contributed by atoms with Crippen LogP contribution < -0.4 is 11.1 Å². The van der Waals surface area contributed by atoms with Crippen LogP contribution in [0.15, 0.2) is 53.7 Å². The fourth-order valence-corrected chi connectivity index (χ4v) is 3.40. The van der Waals surface area contributed by atoms with Crippen LogP contribution in [0.25, 0.3) is 0 Å². The molecular formula is C22H31N5. The molecule has 1 saturated heterocycles. The van der Waals surface area contributed by atoms with Gasteiger partial charge in [-0.3, -0.25) is 9.88 Å². The molecule has 1 aromatic heterocycles. The molecule has 0 unspecified atom stereocenters. The second-order valence-electron chi connectivity index (χ2n) is 7.21. The summed E-state index contributed by atoms with van der Waals surface area (Å²) in [7, 11) is 0. The summed E-state index contributed by atoms with van der Waals surface area (Å²) in [6.07, 6.45) is 8.07. The van der Waals surface area contributed by atoms with E-state index in [1.165, 1.54) is 49.9 Å². The van der Waals surface area contributed by atoms with E-state index in [1.807, 2.05) is 24.4 Å². The smallest absolute Gasteiger partial charge is 0.188 e. The first-order chi connectivity index (χ1) is 13.3. The summed E-state index contributed by atoms with van der Waals surface area (Å²) >= 11 is 0. The number of nitrogens with two attached hydrogens (primary N) is 1. The summed E-state index contributed by atoms with van der Waals surface area (Å²) < 4.78 is 0. The molecule has 0 atom stereocenters. The van der Waals surface area contributed by atoms with Crippen molar-refractivity contribution in [2.24, 2.45) is 10.7 Å². The van der Waals surface area contributed by atoms with Gasteiger partial charge in [0.25, 0.3) is 0 Å². The maximum absolute atomic E-state index is 5.97. The number of hydrogen-bond acceptors (Lipinski definition) is 3. The Balaban J connectivity index is 1.41. The number of nitrogens with zero attached hydrogens (tertiary/aromatic N) is 3. The Labute approximate surface area is 162 Å². The Hall–Kier alpha value is -2.40. The third-order valence-corrected chi connectivity index (χ3v) is 4.97. The predicted octanol–water partition coefficient (Wildman–Crippen LogP) is 3.10. The van der Waals surface area contributed by atoms with Crippen molar-refractivity contribution in [3.8, 4) is 0 Å². The molecule has 2 aromatic rings. The Morgan fingerprint density at radius 2 is 1.74 bits per heavy atom. The molecule has 1 aliphatic heterocycles. The lowest BCUT2D eigenvalue weighted by atomic mass is 10.1. The van der Waals surface area contributed by atoms with Gasteiger partial charge in [0.05, 0.1) is 6.54 Å². The average Bonchev–Trinajstić information content (AvgIpc) is 2.97. The van der Waals surface area contributed by atoms with E-state index in [-0.39, 0.29) is 0 Å². The van der Waals surface area contributed by atoms with E-state index >= 15 is 0 Å². The van der Waals surface area contributed by atoms with Crippen molar-refractivity contribution in [2.75, 3.05) is 19.6 Å². The zero-order valence-electron chi connectivity index (χ0n) is 16.1. The molecule has 27 heavy (non-hydrogen) atoms. The van der Waals surface area contributed by atoms with Crippen LogP contribution in [0.1, 0.15) is 42.5 Å². The summed E-state index contributed by atoms with van der Waals surface area (Å²) in [6, 6.07) is 14.7. The monoisotopic (exact) mass is 365 g/mol. The number of aliphatic imine (C=N–C) groups is 1. The van der Waals surface area contributed by atoms with Gasteiger partial charge in [-0.1, -0.05) is 43.2 Å². The summed E-state index contributed by atoms with van der Waals surface area (Å²) in [4.78, 5) is 11.3. The minimum atomic E-state index is 0.486. The van der Waals surface area contributed by atoms with Crippen LogP contribution in [0, 0.1) is 0 Å². The lowest BCUT2D eigenvalue weighted by molar-refractivity contribution is 0.277. The van der Waals surface area contributed by atoms with E-state index in [2.05, 4.69) is 44.5 Å². The second-order valence-corrected chi connectivity index (χ2v) is 7.21. The van der Waals surface area contributed by atoms with Gasteiger partial charge in [-0.2, -0.15) is 0 Å². The molecule has 3 rings (SSSR count). The van der Waals surface area contributed by atoms with Gasteiger partial charge in [-0.25, -0.2) is 4.99 Å². The molecule has 0 bridgehead atoms. The SMILES string of the molecule is NC(=NCc1ccc(CN2CCCCCC2)cc1)NCCc1ccccn1. The van der Waals surface area contributed by atoms with Gasteiger partial charge in [0.2, 0.25) is 0 Å². The van der Waals surface area contributed by atoms with Crippen molar-refractivity contribution < 1.29 is 0 Å². The third kappa shape index (κ3) is 7.02. The number of nitrogens with one attached hydrogen (secondary N) is 1. The van der Waals surface area contributed by atoms with Crippen LogP contribution in [0.3, 0.4) is 0 Å². The highest BCUT2D eigenvalue weighted by molar-refractivity contribution is 5.77. The first-order valence-corrected chi connectivity index (χ1v) is 10.0. The normalized spacial score (nSPS) is 16.1. The van der Waals surface area contributed by atoms with E-state index in [0.29, 0.717) is 12.5 Å². The van der Waals surface area contributed by atoms with E-state index in [0.717, 1.165) is 25.2 Å². The second kappa shape index (κ2) is 10.7. The maximum atomic E-state index is 5.97. The van der Waals surface area contributed by atoms with Crippen molar-refractivity contribution >= 4 is 5.96 Å². The minimum absolute atomic E-state index is 0.486. The van der Waals surface area contributed by atoms with Gasteiger partial charge < -0.3 is 11.1 Å². The van der Waals surface area contributed by atoms with E-state index in [4.69, 9.17) is 5.73 Å². The largest absolute Gasteiger partial charge is 0.370 e. The van der Waals surface area contributed by atoms with Crippen LogP contribution in [-0.2, 0) is 19.5 Å². The highest BCUT2D eigenvalue weighted by Gasteiger charge is 2.09. The van der Waals surface area contributed by atoms with Crippen molar-refractivity contribution in [3.05, 3.63) is 65.5 Å². The summed E-state index contributed by atoms with van der Waals surface area (Å²) in [6.45, 7) is 4.85. The average molecular weight is 366 g/mol. The zero-order valence-corrected chi connectivity index (χ0v) is 16.1. The van der Waals surface area contributed by atoms with Crippen LogP contribution >= 0.6 is 0 Å². The van der Waals surface area contributed by atoms with Crippen LogP contribution in [0.2, 0.25) is 0 Å². The molecule has 0 saturated carbocycles. The minimum Gasteiger partial charge on any atom is -0.370 e. The lowest BCUT2D eigenvalue weighted by Gasteiger charge is -2.19. The number of hydrogen-bond donors (Lipinski definition) is 2. The Morgan fingerprint density at radius 3 is 2.44 bits per heavy atom. The molecule has 1 fully saturated rings. The number of guanidine groups is 1. The van der Waals surface area contributed by atoms with Gasteiger partial charge >= 0.3 is 0 Å². The zero-order chi connectivity index (χ0) is 18.7. The molecule has 0 spiro atoms. The quantitative estimate of drug-likeness (QED) is 0.584.